The highest BCUT2D eigenvalue weighted by Gasteiger charge is 2.22. The van der Waals surface area contributed by atoms with Gasteiger partial charge in [-0.25, -0.2) is 4.98 Å². The highest BCUT2D eigenvalue weighted by Crippen LogP contribution is 2.20. The van der Waals surface area contributed by atoms with E-state index >= 15 is 0 Å². The van der Waals surface area contributed by atoms with Crippen molar-refractivity contribution in [2.45, 2.75) is 46.4 Å². The molecule has 158 valence electrons. The molecule has 0 unspecified atom stereocenters. The van der Waals surface area contributed by atoms with Crippen molar-refractivity contribution in [1.29, 1.82) is 0 Å². The van der Waals surface area contributed by atoms with E-state index in [4.69, 9.17) is 9.47 Å². The zero-order chi connectivity index (χ0) is 21.5. The lowest BCUT2D eigenvalue weighted by Crippen LogP contribution is -2.37. The summed E-state index contributed by atoms with van der Waals surface area (Å²) in [5, 5.41) is 2.90. The number of ether oxygens (including phenoxy) is 2. The summed E-state index contributed by atoms with van der Waals surface area (Å²) in [6, 6.07) is 15.3. The standard InChI is InChI=1S/C24H28N2O3S/c1-5-18(3)26(24(27)19-8-12-21(28-4)13-9-19)14-20-16-30-23(25-20)15-29-22-10-6-17(2)7-11-22/h6-13,16,18H,5,14-15H2,1-4H3/t18-/m1/s1. The van der Waals surface area contributed by atoms with E-state index in [1.54, 1.807) is 30.6 Å². The molecule has 0 bridgehead atoms. The molecule has 5 nitrogen and oxygen atoms in total. The van der Waals surface area contributed by atoms with Gasteiger partial charge in [0.1, 0.15) is 23.1 Å². The van der Waals surface area contributed by atoms with Gasteiger partial charge in [0.15, 0.2) is 0 Å². The lowest BCUT2D eigenvalue weighted by atomic mass is 10.1. The molecule has 2 aromatic carbocycles. The molecule has 3 aromatic rings. The van der Waals surface area contributed by atoms with Crippen LogP contribution in [0.2, 0.25) is 0 Å². The number of thiazole rings is 1. The minimum atomic E-state index is -0.00235. The Labute approximate surface area is 182 Å². The van der Waals surface area contributed by atoms with Crippen molar-refractivity contribution in [3.63, 3.8) is 0 Å². The molecule has 0 fully saturated rings. The van der Waals surface area contributed by atoms with E-state index in [0.717, 1.165) is 28.6 Å². The topological polar surface area (TPSA) is 51.7 Å². The van der Waals surface area contributed by atoms with Crippen molar-refractivity contribution in [2.24, 2.45) is 0 Å². The molecular formula is C24H28N2O3S. The van der Waals surface area contributed by atoms with Gasteiger partial charge in [-0.15, -0.1) is 11.3 Å². The van der Waals surface area contributed by atoms with Crippen LogP contribution in [0.25, 0.3) is 0 Å². The Morgan fingerprint density at radius 3 is 2.40 bits per heavy atom. The van der Waals surface area contributed by atoms with Crippen LogP contribution in [0.3, 0.4) is 0 Å². The van der Waals surface area contributed by atoms with Crippen LogP contribution >= 0.6 is 11.3 Å². The van der Waals surface area contributed by atoms with Crippen LogP contribution in [0.15, 0.2) is 53.9 Å². The van der Waals surface area contributed by atoms with E-state index in [1.807, 2.05) is 53.6 Å². The predicted molar refractivity (Wildman–Crippen MR) is 120 cm³/mol. The minimum Gasteiger partial charge on any atom is -0.497 e. The van der Waals surface area contributed by atoms with Crippen LogP contribution in [0, 0.1) is 6.92 Å². The quantitative estimate of drug-likeness (QED) is 0.456. The van der Waals surface area contributed by atoms with Crippen LogP contribution in [0.1, 0.15) is 46.9 Å². The first-order valence-electron chi connectivity index (χ1n) is 10.1. The third-order valence-corrected chi connectivity index (χ3v) is 5.91. The first kappa shape index (κ1) is 21.8. The Morgan fingerprint density at radius 2 is 1.77 bits per heavy atom. The number of hydrogen-bond donors (Lipinski definition) is 0. The van der Waals surface area contributed by atoms with Crippen molar-refractivity contribution in [1.82, 2.24) is 9.88 Å². The van der Waals surface area contributed by atoms with Gasteiger partial charge in [-0.05, 0) is 56.7 Å². The molecule has 1 heterocycles. The third-order valence-electron chi connectivity index (χ3n) is 5.04. The van der Waals surface area contributed by atoms with Crippen LogP contribution in [-0.4, -0.2) is 28.9 Å². The van der Waals surface area contributed by atoms with Gasteiger partial charge >= 0.3 is 0 Å². The zero-order valence-corrected chi connectivity index (χ0v) is 18.7. The largest absolute Gasteiger partial charge is 0.497 e. The summed E-state index contributed by atoms with van der Waals surface area (Å²) in [6.45, 7) is 7.09. The molecule has 1 atom stereocenters. The molecule has 0 spiro atoms. The van der Waals surface area contributed by atoms with Gasteiger partial charge in [0, 0.05) is 17.0 Å². The number of aromatic nitrogens is 1. The van der Waals surface area contributed by atoms with Gasteiger partial charge in [-0.3, -0.25) is 4.79 Å². The number of benzene rings is 2. The molecular weight excluding hydrogens is 396 g/mol. The average molecular weight is 425 g/mol. The lowest BCUT2D eigenvalue weighted by molar-refractivity contribution is 0.0669. The maximum atomic E-state index is 13.1. The Hall–Kier alpha value is -2.86. The first-order chi connectivity index (χ1) is 14.5. The van der Waals surface area contributed by atoms with Crippen molar-refractivity contribution in [3.05, 3.63) is 75.7 Å². The predicted octanol–water partition coefficient (Wildman–Crippen LogP) is 5.48. The van der Waals surface area contributed by atoms with Gasteiger partial charge < -0.3 is 14.4 Å². The summed E-state index contributed by atoms with van der Waals surface area (Å²) >= 11 is 1.56. The van der Waals surface area contributed by atoms with E-state index in [1.165, 1.54) is 5.56 Å². The fourth-order valence-corrected chi connectivity index (χ4v) is 3.69. The Kier molecular flexibility index (Phi) is 7.46. The smallest absolute Gasteiger partial charge is 0.254 e. The zero-order valence-electron chi connectivity index (χ0n) is 17.9. The molecule has 0 radical (unpaired) electrons. The number of nitrogens with zero attached hydrogens (tertiary/aromatic N) is 2. The molecule has 3 rings (SSSR count). The SMILES string of the molecule is CC[C@@H](C)N(Cc1csc(COc2ccc(C)cc2)n1)C(=O)c1ccc(OC)cc1. The highest BCUT2D eigenvalue weighted by atomic mass is 32.1. The number of carbonyl (C=O) groups is 1. The van der Waals surface area contributed by atoms with Crippen LogP contribution < -0.4 is 9.47 Å². The Balaban J connectivity index is 1.67. The maximum absolute atomic E-state index is 13.1. The third kappa shape index (κ3) is 5.60. The lowest BCUT2D eigenvalue weighted by Gasteiger charge is -2.28. The fourth-order valence-electron chi connectivity index (χ4n) is 2.99. The molecule has 0 aliphatic carbocycles. The molecule has 0 aliphatic heterocycles. The van der Waals surface area contributed by atoms with Gasteiger partial charge in [-0.2, -0.15) is 0 Å². The Morgan fingerprint density at radius 1 is 1.10 bits per heavy atom. The van der Waals surface area contributed by atoms with Gasteiger partial charge in [0.05, 0.1) is 19.3 Å². The molecule has 0 saturated carbocycles. The number of aryl methyl sites for hydroxylation is 1. The molecule has 1 aromatic heterocycles. The number of rotatable bonds is 9. The summed E-state index contributed by atoms with van der Waals surface area (Å²) in [6.07, 6.45) is 0.870. The molecule has 1 amide bonds. The molecule has 6 heteroatoms. The average Bonchev–Trinajstić information content (AvgIpc) is 3.23. The van der Waals surface area contributed by atoms with E-state index in [9.17, 15) is 4.79 Å². The second-order valence-electron chi connectivity index (χ2n) is 7.25. The monoisotopic (exact) mass is 424 g/mol. The molecule has 0 N–H and O–H groups in total. The second-order valence-corrected chi connectivity index (χ2v) is 8.20. The van der Waals surface area contributed by atoms with Crippen molar-refractivity contribution >= 4 is 17.2 Å². The summed E-state index contributed by atoms with van der Waals surface area (Å²) < 4.78 is 11.0. The number of amides is 1. The van der Waals surface area contributed by atoms with Crippen LogP contribution in [0.5, 0.6) is 11.5 Å². The van der Waals surface area contributed by atoms with Crippen molar-refractivity contribution < 1.29 is 14.3 Å². The van der Waals surface area contributed by atoms with Gasteiger partial charge in [-0.1, -0.05) is 24.6 Å². The van der Waals surface area contributed by atoms with E-state index in [-0.39, 0.29) is 11.9 Å². The maximum Gasteiger partial charge on any atom is 0.254 e. The normalized spacial score (nSPS) is 11.7. The summed E-state index contributed by atoms with van der Waals surface area (Å²) in [5.41, 5.74) is 2.73. The summed E-state index contributed by atoms with van der Waals surface area (Å²) in [4.78, 5) is 19.7. The summed E-state index contributed by atoms with van der Waals surface area (Å²) in [7, 11) is 1.62. The number of hydrogen-bond acceptors (Lipinski definition) is 5. The van der Waals surface area contributed by atoms with E-state index in [0.29, 0.717) is 18.7 Å². The van der Waals surface area contributed by atoms with Crippen LogP contribution in [-0.2, 0) is 13.2 Å². The number of carbonyl (C=O) groups excluding carboxylic acids is 1. The van der Waals surface area contributed by atoms with Crippen LogP contribution in [0.4, 0.5) is 0 Å². The van der Waals surface area contributed by atoms with Gasteiger partial charge in [0.25, 0.3) is 5.91 Å². The molecule has 0 saturated heterocycles. The molecule has 0 aliphatic rings. The van der Waals surface area contributed by atoms with Crippen molar-refractivity contribution in [3.8, 4) is 11.5 Å². The fraction of sp³-hybridized carbons (Fsp3) is 0.333. The van der Waals surface area contributed by atoms with Crippen molar-refractivity contribution in [2.75, 3.05) is 7.11 Å². The van der Waals surface area contributed by atoms with E-state index < -0.39 is 0 Å². The van der Waals surface area contributed by atoms with E-state index in [2.05, 4.69) is 18.8 Å². The summed E-state index contributed by atoms with van der Waals surface area (Å²) in [5.74, 6) is 1.56. The Bertz CT molecular complexity index is 951. The number of methoxy groups -OCH3 is 1. The first-order valence-corrected chi connectivity index (χ1v) is 11.0. The minimum absolute atomic E-state index is 0.00235. The highest BCUT2D eigenvalue weighted by molar-refractivity contribution is 7.09. The second kappa shape index (κ2) is 10.3. The molecule has 30 heavy (non-hydrogen) atoms. The van der Waals surface area contributed by atoms with Gasteiger partial charge in [0.2, 0.25) is 0 Å².